The third kappa shape index (κ3) is 5.43. The first-order chi connectivity index (χ1) is 12.6. The van der Waals surface area contributed by atoms with Gasteiger partial charge in [-0.2, -0.15) is 0 Å². The Morgan fingerprint density at radius 2 is 1.88 bits per heavy atom. The van der Waals surface area contributed by atoms with E-state index in [1.807, 2.05) is 31.2 Å². The fourth-order valence-corrected chi connectivity index (χ4v) is 3.39. The summed E-state index contributed by atoms with van der Waals surface area (Å²) < 4.78 is 0. The number of carbonyl (C=O) groups excluding carboxylic acids is 1. The van der Waals surface area contributed by atoms with E-state index in [-0.39, 0.29) is 11.9 Å². The number of carbonyl (C=O) groups is 1. The highest BCUT2D eigenvalue weighted by molar-refractivity contribution is 6.30. The molecule has 1 saturated carbocycles. The number of hydrogen-bond donors (Lipinski definition) is 2. The lowest BCUT2D eigenvalue weighted by molar-refractivity contribution is 0.0922. The van der Waals surface area contributed by atoms with E-state index < -0.39 is 0 Å². The smallest absolute Gasteiger partial charge is 0.270 e. The van der Waals surface area contributed by atoms with Crippen LogP contribution in [0.3, 0.4) is 0 Å². The monoisotopic (exact) mass is 372 g/mol. The molecule has 1 aromatic carbocycles. The van der Waals surface area contributed by atoms with E-state index in [1.54, 1.807) is 6.07 Å². The van der Waals surface area contributed by atoms with Crippen molar-refractivity contribution in [2.24, 2.45) is 0 Å². The number of amides is 1. The molecule has 0 unspecified atom stereocenters. The van der Waals surface area contributed by atoms with Crippen molar-refractivity contribution >= 4 is 23.3 Å². The first kappa shape index (κ1) is 18.6. The van der Waals surface area contributed by atoms with Gasteiger partial charge in [0.15, 0.2) is 0 Å². The second kappa shape index (κ2) is 8.99. The van der Waals surface area contributed by atoms with Gasteiger partial charge in [0.2, 0.25) is 0 Å². The molecule has 1 aromatic heterocycles. The van der Waals surface area contributed by atoms with Crippen molar-refractivity contribution in [3.63, 3.8) is 0 Å². The van der Waals surface area contributed by atoms with Crippen LogP contribution in [0.15, 0.2) is 30.3 Å². The summed E-state index contributed by atoms with van der Waals surface area (Å²) in [6, 6.07) is 9.80. The molecule has 0 spiro atoms. The van der Waals surface area contributed by atoms with Crippen molar-refractivity contribution in [3.8, 4) is 0 Å². The summed E-state index contributed by atoms with van der Waals surface area (Å²) >= 11 is 5.91. The van der Waals surface area contributed by atoms with Gasteiger partial charge in [0, 0.05) is 23.7 Å². The molecule has 26 heavy (non-hydrogen) atoms. The summed E-state index contributed by atoms with van der Waals surface area (Å²) in [6.45, 7) is 2.53. The molecule has 2 N–H and O–H groups in total. The fraction of sp³-hybridized carbons (Fsp3) is 0.450. The minimum Gasteiger partial charge on any atom is -0.370 e. The van der Waals surface area contributed by atoms with E-state index in [9.17, 15) is 4.79 Å². The zero-order valence-corrected chi connectivity index (χ0v) is 15.9. The maximum atomic E-state index is 12.5. The molecule has 5 nitrogen and oxygen atoms in total. The van der Waals surface area contributed by atoms with Gasteiger partial charge in [-0.15, -0.1) is 0 Å². The molecule has 0 aliphatic heterocycles. The molecule has 1 amide bonds. The van der Waals surface area contributed by atoms with Gasteiger partial charge in [0.05, 0.1) is 0 Å². The number of anilines is 1. The van der Waals surface area contributed by atoms with Crippen LogP contribution in [0, 0.1) is 6.92 Å². The second-order valence-corrected chi connectivity index (χ2v) is 7.23. The average Bonchev–Trinajstić information content (AvgIpc) is 2.64. The molecule has 6 heteroatoms. The van der Waals surface area contributed by atoms with E-state index >= 15 is 0 Å². The highest BCUT2D eigenvalue weighted by atomic mass is 35.5. The number of benzene rings is 1. The Morgan fingerprint density at radius 1 is 1.15 bits per heavy atom. The van der Waals surface area contributed by atoms with Crippen LogP contribution in [0.1, 0.15) is 54.0 Å². The summed E-state index contributed by atoms with van der Waals surface area (Å²) in [7, 11) is 0. The number of aromatic nitrogens is 2. The second-order valence-electron chi connectivity index (χ2n) is 6.80. The van der Waals surface area contributed by atoms with Crippen LogP contribution >= 0.6 is 11.6 Å². The van der Waals surface area contributed by atoms with Gasteiger partial charge < -0.3 is 10.6 Å². The molecular weight excluding hydrogens is 348 g/mol. The lowest BCUT2D eigenvalue weighted by Gasteiger charge is -2.22. The van der Waals surface area contributed by atoms with Crippen molar-refractivity contribution in [3.05, 3.63) is 52.4 Å². The average molecular weight is 373 g/mol. The Hall–Kier alpha value is -2.14. The summed E-state index contributed by atoms with van der Waals surface area (Å²) in [5, 5.41) is 7.13. The molecule has 138 valence electrons. The highest BCUT2D eigenvalue weighted by Crippen LogP contribution is 2.18. The predicted octanol–water partition coefficient (Wildman–Crippen LogP) is 4.16. The molecule has 2 aromatic rings. The van der Waals surface area contributed by atoms with Gasteiger partial charge in [0.1, 0.15) is 17.3 Å². The van der Waals surface area contributed by atoms with Crippen LogP contribution < -0.4 is 10.6 Å². The van der Waals surface area contributed by atoms with Crippen molar-refractivity contribution in [2.45, 2.75) is 51.5 Å². The first-order valence-electron chi connectivity index (χ1n) is 9.25. The number of nitrogens with one attached hydrogen (secondary N) is 2. The molecule has 1 aliphatic rings. The van der Waals surface area contributed by atoms with Crippen molar-refractivity contribution in [1.29, 1.82) is 0 Å². The number of halogens is 1. The number of rotatable bonds is 6. The van der Waals surface area contributed by atoms with Crippen molar-refractivity contribution in [1.82, 2.24) is 15.3 Å². The number of nitrogens with zero attached hydrogens (tertiary/aromatic N) is 2. The molecule has 3 rings (SSSR count). The van der Waals surface area contributed by atoms with Crippen LogP contribution in [0.25, 0.3) is 0 Å². The van der Waals surface area contributed by atoms with Crippen LogP contribution in [0.5, 0.6) is 0 Å². The minimum atomic E-state index is -0.108. The zero-order valence-electron chi connectivity index (χ0n) is 15.1. The topological polar surface area (TPSA) is 66.9 Å². The van der Waals surface area contributed by atoms with E-state index in [1.165, 1.54) is 24.8 Å². The van der Waals surface area contributed by atoms with E-state index in [0.29, 0.717) is 17.3 Å². The maximum Gasteiger partial charge on any atom is 0.270 e. The highest BCUT2D eigenvalue weighted by Gasteiger charge is 2.18. The Bertz CT molecular complexity index is 742. The molecule has 1 aliphatic carbocycles. The quantitative estimate of drug-likeness (QED) is 0.799. The molecule has 1 fully saturated rings. The van der Waals surface area contributed by atoms with Gasteiger partial charge in [-0.1, -0.05) is 43.0 Å². The largest absolute Gasteiger partial charge is 0.370 e. The molecule has 0 bridgehead atoms. The summed E-state index contributed by atoms with van der Waals surface area (Å²) in [6.07, 6.45) is 6.60. The first-order valence-corrected chi connectivity index (χ1v) is 9.63. The standard InChI is InChI=1S/C20H25ClN4O/c1-14-23-18(20(26)25-17-5-3-2-4-6-17)13-19(24-14)22-12-11-15-7-9-16(21)10-8-15/h7-10,13,17H,2-6,11-12H2,1H3,(H,25,26)(H,22,23,24). The van der Waals surface area contributed by atoms with Gasteiger partial charge >= 0.3 is 0 Å². The Labute approximate surface area is 159 Å². The van der Waals surface area contributed by atoms with Crippen LogP contribution in [0.2, 0.25) is 5.02 Å². The van der Waals surface area contributed by atoms with Gasteiger partial charge in [0.25, 0.3) is 5.91 Å². The summed E-state index contributed by atoms with van der Waals surface area (Å²) in [5.74, 6) is 1.17. The number of aryl methyl sites for hydroxylation is 1. The molecule has 0 radical (unpaired) electrons. The van der Waals surface area contributed by atoms with E-state index in [4.69, 9.17) is 11.6 Å². The van der Waals surface area contributed by atoms with Gasteiger partial charge in [-0.25, -0.2) is 9.97 Å². The van der Waals surface area contributed by atoms with Crippen molar-refractivity contribution in [2.75, 3.05) is 11.9 Å². The third-order valence-electron chi connectivity index (χ3n) is 4.64. The summed E-state index contributed by atoms with van der Waals surface area (Å²) in [5.41, 5.74) is 1.63. The van der Waals surface area contributed by atoms with E-state index in [2.05, 4.69) is 20.6 Å². The third-order valence-corrected chi connectivity index (χ3v) is 4.90. The van der Waals surface area contributed by atoms with Gasteiger partial charge in [-0.3, -0.25) is 4.79 Å². The van der Waals surface area contributed by atoms with Gasteiger partial charge in [-0.05, 0) is 43.9 Å². The maximum absolute atomic E-state index is 12.5. The predicted molar refractivity (Wildman–Crippen MR) is 105 cm³/mol. The Balaban J connectivity index is 1.57. The van der Waals surface area contributed by atoms with E-state index in [0.717, 1.165) is 30.8 Å². The zero-order chi connectivity index (χ0) is 18.4. The van der Waals surface area contributed by atoms with Crippen LogP contribution in [-0.2, 0) is 6.42 Å². The molecular formula is C20H25ClN4O. The molecule has 1 heterocycles. The SMILES string of the molecule is Cc1nc(NCCc2ccc(Cl)cc2)cc(C(=O)NC2CCCCC2)n1. The molecule has 0 atom stereocenters. The molecule has 0 saturated heterocycles. The Kier molecular flexibility index (Phi) is 6.45. The lowest BCUT2D eigenvalue weighted by Crippen LogP contribution is -2.36. The lowest BCUT2D eigenvalue weighted by atomic mass is 9.95. The fourth-order valence-electron chi connectivity index (χ4n) is 3.27. The Morgan fingerprint density at radius 3 is 2.62 bits per heavy atom. The van der Waals surface area contributed by atoms with Crippen LogP contribution in [0.4, 0.5) is 5.82 Å². The minimum absolute atomic E-state index is 0.108. The summed E-state index contributed by atoms with van der Waals surface area (Å²) in [4.78, 5) is 21.2. The van der Waals surface area contributed by atoms with Crippen LogP contribution in [-0.4, -0.2) is 28.5 Å². The number of hydrogen-bond acceptors (Lipinski definition) is 4. The van der Waals surface area contributed by atoms with Crippen molar-refractivity contribution < 1.29 is 4.79 Å². The normalized spacial score (nSPS) is 14.8.